The van der Waals surface area contributed by atoms with Gasteiger partial charge in [0.2, 0.25) is 0 Å². The second kappa shape index (κ2) is 7.32. The quantitative estimate of drug-likeness (QED) is 0.581. The van der Waals surface area contributed by atoms with Crippen molar-refractivity contribution in [2.24, 2.45) is 0 Å². The lowest BCUT2D eigenvalue weighted by Crippen LogP contribution is -2.42. The van der Waals surface area contributed by atoms with Crippen LogP contribution in [-0.2, 0) is 10.2 Å². The second-order valence-electron chi connectivity index (χ2n) is 10.8. The molecule has 0 spiro atoms. The Morgan fingerprint density at radius 1 is 1.15 bits per heavy atom. The minimum Gasteiger partial charge on any atom is -0.444 e. The van der Waals surface area contributed by atoms with Gasteiger partial charge in [0.15, 0.2) is 0 Å². The number of carbonyl (C=O) groups is 2. The van der Waals surface area contributed by atoms with Crippen LogP contribution in [0.3, 0.4) is 0 Å². The number of benzene rings is 2. The Labute approximate surface area is 199 Å². The van der Waals surface area contributed by atoms with E-state index < -0.39 is 5.60 Å². The van der Waals surface area contributed by atoms with E-state index in [9.17, 15) is 9.59 Å². The van der Waals surface area contributed by atoms with E-state index in [2.05, 4.69) is 28.3 Å². The Hall–Kier alpha value is -3.35. The number of carbonyl (C=O) groups excluding carboxylic acids is 2. The van der Waals surface area contributed by atoms with E-state index in [4.69, 9.17) is 9.84 Å². The predicted molar refractivity (Wildman–Crippen MR) is 130 cm³/mol. The van der Waals surface area contributed by atoms with Gasteiger partial charge in [-0.15, -0.1) is 0 Å². The Morgan fingerprint density at radius 2 is 1.91 bits per heavy atom. The highest BCUT2D eigenvalue weighted by atomic mass is 16.6. The second-order valence-corrected chi connectivity index (χ2v) is 10.8. The summed E-state index contributed by atoms with van der Waals surface area (Å²) in [6, 6.07) is 10.5. The van der Waals surface area contributed by atoms with Crippen LogP contribution in [0, 0.1) is 0 Å². The number of nitrogens with zero attached hydrogens (tertiary/aromatic N) is 3. The highest BCUT2D eigenvalue weighted by Crippen LogP contribution is 2.56. The number of ether oxygens (including phenoxy) is 1. The van der Waals surface area contributed by atoms with Crippen LogP contribution in [0.25, 0.3) is 10.8 Å². The van der Waals surface area contributed by atoms with Gasteiger partial charge in [0.25, 0.3) is 5.91 Å². The van der Waals surface area contributed by atoms with Crippen LogP contribution in [-0.4, -0.2) is 45.4 Å². The number of rotatable bonds is 3. The molecular weight excluding hydrogens is 428 g/mol. The van der Waals surface area contributed by atoms with E-state index in [1.54, 1.807) is 4.90 Å². The van der Waals surface area contributed by atoms with Gasteiger partial charge in [-0.1, -0.05) is 18.2 Å². The zero-order chi connectivity index (χ0) is 23.7. The van der Waals surface area contributed by atoms with E-state index >= 15 is 0 Å². The van der Waals surface area contributed by atoms with Crippen molar-refractivity contribution in [2.75, 3.05) is 18.4 Å². The summed E-state index contributed by atoms with van der Waals surface area (Å²) in [7, 11) is 0. The Kier molecular flexibility index (Phi) is 4.57. The zero-order valence-electron chi connectivity index (χ0n) is 19.9. The largest absolute Gasteiger partial charge is 0.444 e. The van der Waals surface area contributed by atoms with Gasteiger partial charge < -0.3 is 15.0 Å². The van der Waals surface area contributed by atoms with Crippen LogP contribution in [0.5, 0.6) is 0 Å². The molecule has 0 radical (unpaired) electrons. The first kappa shape index (κ1) is 21.2. The van der Waals surface area contributed by atoms with Crippen molar-refractivity contribution in [3.8, 4) is 0 Å². The molecule has 34 heavy (non-hydrogen) atoms. The molecule has 0 unspecified atom stereocenters. The summed E-state index contributed by atoms with van der Waals surface area (Å²) in [6.07, 6.45) is 7.87. The SMILES string of the molecule is CC(C)(C)OC(=O)N1CCC(n2cc(C3(c4ccc5c6c(cccc46)C(=O)N5)CC3)cn2)CC1. The van der Waals surface area contributed by atoms with Crippen LogP contribution in [0.1, 0.15) is 74.0 Å². The lowest BCUT2D eigenvalue weighted by Gasteiger charge is -2.33. The van der Waals surface area contributed by atoms with Gasteiger partial charge in [-0.05, 0) is 69.5 Å². The van der Waals surface area contributed by atoms with E-state index in [1.165, 1.54) is 11.1 Å². The molecule has 2 aromatic carbocycles. The molecule has 2 fully saturated rings. The molecule has 1 saturated carbocycles. The topological polar surface area (TPSA) is 76.5 Å². The summed E-state index contributed by atoms with van der Waals surface area (Å²) >= 11 is 0. The molecule has 1 aliphatic carbocycles. The average molecular weight is 459 g/mol. The summed E-state index contributed by atoms with van der Waals surface area (Å²) in [6.45, 7) is 7.04. The van der Waals surface area contributed by atoms with Crippen molar-refractivity contribution in [3.63, 3.8) is 0 Å². The van der Waals surface area contributed by atoms with Gasteiger partial charge in [-0.3, -0.25) is 9.48 Å². The summed E-state index contributed by atoms with van der Waals surface area (Å²) in [4.78, 5) is 26.5. The fourth-order valence-electron chi connectivity index (χ4n) is 5.57. The fraction of sp³-hybridized carbons (Fsp3) is 0.444. The van der Waals surface area contributed by atoms with Crippen LogP contribution in [0.15, 0.2) is 42.7 Å². The first-order valence-electron chi connectivity index (χ1n) is 12.2. The van der Waals surface area contributed by atoms with E-state index in [1.807, 2.05) is 45.2 Å². The van der Waals surface area contributed by atoms with Crippen molar-refractivity contribution in [1.82, 2.24) is 14.7 Å². The zero-order valence-corrected chi connectivity index (χ0v) is 19.9. The molecule has 1 aromatic heterocycles. The Morgan fingerprint density at radius 3 is 2.62 bits per heavy atom. The number of hydrogen-bond acceptors (Lipinski definition) is 4. The molecule has 176 valence electrons. The average Bonchev–Trinajstić information content (AvgIpc) is 3.32. The molecule has 2 amide bonds. The molecule has 7 nitrogen and oxygen atoms in total. The van der Waals surface area contributed by atoms with E-state index in [0.29, 0.717) is 13.1 Å². The van der Waals surface area contributed by atoms with Crippen molar-refractivity contribution < 1.29 is 14.3 Å². The minimum atomic E-state index is -0.477. The van der Waals surface area contributed by atoms with Gasteiger partial charge in [-0.2, -0.15) is 5.10 Å². The molecule has 7 heteroatoms. The Balaban J connectivity index is 1.23. The number of aromatic nitrogens is 2. The van der Waals surface area contributed by atoms with Gasteiger partial charge in [-0.25, -0.2) is 4.79 Å². The normalized spacial score (nSPS) is 19.4. The molecule has 1 saturated heterocycles. The molecule has 3 aromatic rings. The van der Waals surface area contributed by atoms with Crippen molar-refractivity contribution in [3.05, 3.63) is 59.4 Å². The number of hydrogen-bond donors (Lipinski definition) is 1. The third-order valence-electron chi connectivity index (χ3n) is 7.44. The molecule has 0 bridgehead atoms. The maximum absolute atomic E-state index is 12.4. The third kappa shape index (κ3) is 3.37. The summed E-state index contributed by atoms with van der Waals surface area (Å²) in [5, 5.41) is 9.94. The Bertz CT molecular complexity index is 1310. The number of likely N-dealkylation sites (tertiary alicyclic amines) is 1. The fourth-order valence-corrected chi connectivity index (χ4v) is 5.57. The highest BCUT2D eigenvalue weighted by molar-refractivity contribution is 6.24. The number of piperidine rings is 1. The number of amides is 2. The monoisotopic (exact) mass is 458 g/mol. The van der Waals surface area contributed by atoms with Gasteiger partial charge in [0.1, 0.15) is 5.60 Å². The standard InChI is InChI=1S/C27H30N4O3/c1-26(2,3)34-25(33)30-13-9-18(10-14-30)31-16-17(15-28-31)27(11-12-27)21-7-8-22-23-19(21)5-4-6-20(23)24(32)29-22/h4-8,15-16,18H,9-14H2,1-3H3,(H,29,32). The number of nitrogens with one attached hydrogen (secondary N) is 1. The first-order chi connectivity index (χ1) is 16.2. The molecule has 0 atom stereocenters. The molecule has 2 aliphatic heterocycles. The van der Waals surface area contributed by atoms with Gasteiger partial charge >= 0.3 is 6.09 Å². The smallest absolute Gasteiger partial charge is 0.410 e. The lowest BCUT2D eigenvalue weighted by atomic mass is 9.85. The molecule has 1 N–H and O–H groups in total. The molecule has 6 rings (SSSR count). The third-order valence-corrected chi connectivity index (χ3v) is 7.44. The van der Waals surface area contributed by atoms with Crippen LogP contribution >= 0.6 is 0 Å². The van der Waals surface area contributed by atoms with Crippen LogP contribution in [0.4, 0.5) is 10.5 Å². The maximum atomic E-state index is 12.4. The van der Waals surface area contributed by atoms with Crippen LogP contribution in [0.2, 0.25) is 0 Å². The maximum Gasteiger partial charge on any atom is 0.410 e. The van der Waals surface area contributed by atoms with E-state index in [-0.39, 0.29) is 23.5 Å². The summed E-state index contributed by atoms with van der Waals surface area (Å²) in [5.41, 5.74) is 3.66. The van der Waals surface area contributed by atoms with Crippen molar-refractivity contribution >= 4 is 28.5 Å². The molecular formula is C27H30N4O3. The van der Waals surface area contributed by atoms with E-state index in [0.717, 1.165) is 47.7 Å². The van der Waals surface area contributed by atoms with Crippen molar-refractivity contribution in [1.29, 1.82) is 0 Å². The molecule has 3 aliphatic rings. The molecule has 3 heterocycles. The lowest BCUT2D eigenvalue weighted by molar-refractivity contribution is 0.0184. The number of anilines is 1. The first-order valence-corrected chi connectivity index (χ1v) is 12.2. The van der Waals surface area contributed by atoms with Crippen LogP contribution < -0.4 is 5.32 Å². The van der Waals surface area contributed by atoms with Gasteiger partial charge in [0, 0.05) is 46.9 Å². The van der Waals surface area contributed by atoms with Crippen molar-refractivity contribution in [2.45, 2.75) is 63.5 Å². The summed E-state index contributed by atoms with van der Waals surface area (Å²) < 4.78 is 7.62. The highest BCUT2D eigenvalue weighted by Gasteiger charge is 2.48. The minimum absolute atomic E-state index is 0.0202. The predicted octanol–water partition coefficient (Wildman–Crippen LogP) is 5.25. The van der Waals surface area contributed by atoms with Gasteiger partial charge in [0.05, 0.1) is 12.2 Å². The summed E-state index contributed by atoms with van der Waals surface area (Å²) in [5.74, 6) is -0.0202.